The van der Waals surface area contributed by atoms with E-state index in [2.05, 4.69) is 15.5 Å². The lowest BCUT2D eigenvalue weighted by Crippen LogP contribution is -2.14. The summed E-state index contributed by atoms with van der Waals surface area (Å²) >= 11 is 10.9. The van der Waals surface area contributed by atoms with Gasteiger partial charge in [0.25, 0.3) is 0 Å². The Balaban J connectivity index is 2.79. The lowest BCUT2D eigenvalue weighted by atomic mass is 10.3. The Bertz CT molecular complexity index is 330. The van der Waals surface area contributed by atoms with E-state index in [9.17, 15) is 4.79 Å². The highest BCUT2D eigenvalue weighted by Crippen LogP contribution is 2.13. The van der Waals surface area contributed by atoms with E-state index < -0.39 is 0 Å². The summed E-state index contributed by atoms with van der Waals surface area (Å²) in [5.74, 6) is -0.0752. The van der Waals surface area contributed by atoms with Crippen molar-refractivity contribution in [3.63, 3.8) is 0 Å². The topological polar surface area (TPSA) is 54.9 Å². The van der Waals surface area contributed by atoms with Crippen molar-refractivity contribution in [2.45, 2.75) is 6.92 Å². The van der Waals surface area contributed by atoms with Crippen LogP contribution in [0, 0.1) is 6.92 Å². The van der Waals surface area contributed by atoms with Gasteiger partial charge >= 0.3 is 0 Å². The zero-order chi connectivity index (χ0) is 9.84. The first-order chi connectivity index (χ1) is 6.13. The molecule has 13 heavy (non-hydrogen) atoms. The minimum Gasteiger partial charge on any atom is -0.308 e. The molecule has 1 amide bonds. The zero-order valence-corrected chi connectivity index (χ0v) is 8.35. The first kappa shape index (κ1) is 10.2. The summed E-state index contributed by atoms with van der Waals surface area (Å²) in [5, 5.41) is 10.1. The molecular weight excluding hydrogens is 213 g/mol. The number of amides is 1. The number of anilines is 1. The van der Waals surface area contributed by atoms with Crippen LogP contribution in [0.25, 0.3) is 0 Å². The number of rotatable bonds is 2. The van der Waals surface area contributed by atoms with Crippen molar-refractivity contribution in [2.75, 3.05) is 11.2 Å². The highest BCUT2D eigenvalue weighted by Gasteiger charge is 2.03. The van der Waals surface area contributed by atoms with E-state index in [1.165, 1.54) is 0 Å². The summed E-state index contributed by atoms with van der Waals surface area (Å²) in [5.41, 5.74) is 0.751. The molecule has 0 atom stereocenters. The smallest absolute Gasteiger partial charge is 0.240 e. The Kier molecular flexibility index (Phi) is 3.45. The summed E-state index contributed by atoms with van der Waals surface area (Å²) in [7, 11) is 0. The average Bonchev–Trinajstić information content (AvgIpc) is 2.11. The van der Waals surface area contributed by atoms with Gasteiger partial charge in [0.1, 0.15) is 5.88 Å². The predicted molar refractivity (Wildman–Crippen MR) is 51.1 cm³/mol. The van der Waals surface area contributed by atoms with Gasteiger partial charge in [-0.2, -0.15) is 0 Å². The van der Waals surface area contributed by atoms with Gasteiger partial charge in [0.2, 0.25) is 5.91 Å². The molecule has 0 radical (unpaired) electrons. The average molecular weight is 220 g/mol. The molecule has 0 aliphatic rings. The summed E-state index contributed by atoms with van der Waals surface area (Å²) in [6.45, 7) is 1.77. The molecule has 1 N–H and O–H groups in total. The quantitative estimate of drug-likeness (QED) is 0.770. The van der Waals surface area contributed by atoms with E-state index in [0.29, 0.717) is 11.0 Å². The molecule has 70 valence electrons. The molecule has 0 aliphatic carbocycles. The molecule has 6 heteroatoms. The number of halogens is 2. The number of hydrogen-bond acceptors (Lipinski definition) is 3. The Morgan fingerprint density at radius 3 is 2.85 bits per heavy atom. The molecule has 0 unspecified atom stereocenters. The minimum absolute atomic E-state index is 0.108. The van der Waals surface area contributed by atoms with E-state index in [1.54, 1.807) is 13.0 Å². The van der Waals surface area contributed by atoms with E-state index >= 15 is 0 Å². The molecule has 0 bridgehead atoms. The molecule has 1 aromatic rings. The number of carbonyl (C=O) groups is 1. The summed E-state index contributed by atoms with van der Waals surface area (Å²) in [6, 6.07) is 1.62. The maximum atomic E-state index is 10.8. The van der Waals surface area contributed by atoms with Crippen molar-refractivity contribution < 1.29 is 4.79 Å². The molecule has 1 rings (SSSR count). The molecule has 1 aromatic heterocycles. The van der Waals surface area contributed by atoms with Gasteiger partial charge in [-0.05, 0) is 18.6 Å². The molecule has 4 nitrogen and oxygen atoms in total. The number of nitrogens with one attached hydrogen (secondary N) is 1. The van der Waals surface area contributed by atoms with Crippen molar-refractivity contribution in [3.05, 3.63) is 16.8 Å². The third-order valence-corrected chi connectivity index (χ3v) is 1.93. The monoisotopic (exact) mass is 219 g/mol. The maximum absolute atomic E-state index is 10.8. The van der Waals surface area contributed by atoms with Gasteiger partial charge in [0.15, 0.2) is 11.0 Å². The van der Waals surface area contributed by atoms with Gasteiger partial charge in [0.05, 0.1) is 0 Å². The van der Waals surface area contributed by atoms with Gasteiger partial charge in [-0.1, -0.05) is 11.6 Å². The van der Waals surface area contributed by atoms with Gasteiger partial charge in [-0.15, -0.1) is 21.8 Å². The first-order valence-electron chi connectivity index (χ1n) is 3.49. The van der Waals surface area contributed by atoms with Crippen LogP contribution in [0.2, 0.25) is 5.15 Å². The van der Waals surface area contributed by atoms with E-state index in [4.69, 9.17) is 23.2 Å². The van der Waals surface area contributed by atoms with Gasteiger partial charge in [-0.25, -0.2) is 0 Å². The molecule has 0 fully saturated rings. The van der Waals surface area contributed by atoms with Crippen LogP contribution in [0.5, 0.6) is 0 Å². The molecule has 0 saturated heterocycles. The van der Waals surface area contributed by atoms with Crippen LogP contribution in [-0.4, -0.2) is 22.0 Å². The fourth-order valence-electron chi connectivity index (χ4n) is 0.707. The largest absolute Gasteiger partial charge is 0.308 e. The second-order valence-electron chi connectivity index (χ2n) is 2.39. The molecule has 0 spiro atoms. The number of aromatic nitrogens is 2. The first-order valence-corrected chi connectivity index (χ1v) is 4.40. The number of nitrogens with zero attached hydrogens (tertiary/aromatic N) is 2. The van der Waals surface area contributed by atoms with Crippen molar-refractivity contribution >= 4 is 34.9 Å². The molecule has 0 aliphatic heterocycles. The van der Waals surface area contributed by atoms with Gasteiger partial charge < -0.3 is 5.32 Å². The minimum atomic E-state index is -0.322. The molecular formula is C7H7Cl2N3O. The molecule has 0 saturated carbocycles. The van der Waals surface area contributed by atoms with Crippen LogP contribution >= 0.6 is 23.2 Å². The van der Waals surface area contributed by atoms with Crippen molar-refractivity contribution in [1.82, 2.24) is 10.2 Å². The van der Waals surface area contributed by atoms with Crippen LogP contribution in [-0.2, 0) is 4.79 Å². The second-order valence-corrected chi connectivity index (χ2v) is 3.01. The van der Waals surface area contributed by atoms with Crippen LogP contribution in [0.4, 0.5) is 5.82 Å². The highest BCUT2D eigenvalue weighted by molar-refractivity contribution is 6.30. The fourth-order valence-corrected chi connectivity index (χ4v) is 0.867. The Morgan fingerprint density at radius 1 is 1.62 bits per heavy atom. The Labute approximate surface area is 85.3 Å². The van der Waals surface area contributed by atoms with E-state index in [1.807, 2.05) is 0 Å². The lowest BCUT2D eigenvalue weighted by molar-refractivity contribution is -0.113. The van der Waals surface area contributed by atoms with Crippen LogP contribution in [0.1, 0.15) is 5.56 Å². The van der Waals surface area contributed by atoms with Crippen LogP contribution in [0.3, 0.4) is 0 Å². The number of alkyl halides is 1. The second kappa shape index (κ2) is 4.39. The third-order valence-electron chi connectivity index (χ3n) is 1.31. The van der Waals surface area contributed by atoms with E-state index in [-0.39, 0.29) is 11.8 Å². The van der Waals surface area contributed by atoms with E-state index in [0.717, 1.165) is 5.56 Å². The predicted octanol–water partition coefficient (Wildman–Crippen LogP) is 1.62. The van der Waals surface area contributed by atoms with Crippen molar-refractivity contribution in [1.29, 1.82) is 0 Å². The number of carbonyl (C=O) groups excluding carboxylic acids is 1. The summed E-state index contributed by atoms with van der Waals surface area (Å²) in [6.07, 6.45) is 0. The molecule has 1 heterocycles. The lowest BCUT2D eigenvalue weighted by Gasteiger charge is -2.02. The standard InChI is InChI=1S/C7H7Cl2N3O/c1-4-2-5(10-6(13)3-8)11-12-7(4)9/h2H,3H2,1H3,(H,10,11,13). The number of hydrogen-bond donors (Lipinski definition) is 1. The van der Waals surface area contributed by atoms with Crippen molar-refractivity contribution in [2.24, 2.45) is 0 Å². The summed E-state index contributed by atoms with van der Waals surface area (Å²) < 4.78 is 0. The third kappa shape index (κ3) is 2.82. The fraction of sp³-hybridized carbons (Fsp3) is 0.286. The SMILES string of the molecule is Cc1cc(NC(=O)CCl)nnc1Cl. The molecule has 0 aromatic carbocycles. The summed E-state index contributed by atoms with van der Waals surface area (Å²) in [4.78, 5) is 10.8. The Hall–Kier alpha value is -0.870. The van der Waals surface area contributed by atoms with Crippen LogP contribution < -0.4 is 5.32 Å². The maximum Gasteiger partial charge on any atom is 0.240 e. The highest BCUT2D eigenvalue weighted by atomic mass is 35.5. The Morgan fingerprint density at radius 2 is 2.31 bits per heavy atom. The van der Waals surface area contributed by atoms with Gasteiger partial charge in [0, 0.05) is 0 Å². The normalized spacial score (nSPS) is 9.77. The van der Waals surface area contributed by atoms with Gasteiger partial charge in [-0.3, -0.25) is 4.79 Å². The van der Waals surface area contributed by atoms with Crippen molar-refractivity contribution in [3.8, 4) is 0 Å². The van der Waals surface area contributed by atoms with Crippen LogP contribution in [0.15, 0.2) is 6.07 Å². The zero-order valence-electron chi connectivity index (χ0n) is 6.84. The number of aryl methyl sites for hydroxylation is 1.